The second-order valence-corrected chi connectivity index (χ2v) is 8.96. The van der Waals surface area contributed by atoms with Crippen molar-refractivity contribution < 1.29 is 17.9 Å². The third-order valence-electron chi connectivity index (χ3n) is 3.87. The summed E-state index contributed by atoms with van der Waals surface area (Å²) in [5, 5.41) is 2.11. The number of anilines is 1. The predicted octanol–water partition coefficient (Wildman–Crippen LogP) is 4.70. The smallest absolute Gasteiger partial charge is 0.264 e. The fourth-order valence-corrected chi connectivity index (χ4v) is 5.52. The number of nitrogens with zero attached hydrogens (tertiary/aromatic N) is 1. The second-order valence-electron chi connectivity index (χ2n) is 5.60. The van der Waals surface area contributed by atoms with Crippen LogP contribution in [0.15, 0.2) is 51.1 Å². The molecule has 9 heteroatoms. The van der Waals surface area contributed by atoms with Gasteiger partial charge in [-0.2, -0.15) is 0 Å². The van der Waals surface area contributed by atoms with E-state index in [9.17, 15) is 8.42 Å². The molecule has 1 aromatic heterocycles. The lowest BCUT2D eigenvalue weighted by atomic mass is 10.1. The molecule has 0 aliphatic rings. The van der Waals surface area contributed by atoms with Crippen LogP contribution in [0.3, 0.4) is 0 Å². The number of thiazole rings is 1. The summed E-state index contributed by atoms with van der Waals surface area (Å²) in [7, 11) is -0.930. The van der Waals surface area contributed by atoms with Crippen LogP contribution in [0.5, 0.6) is 11.5 Å². The summed E-state index contributed by atoms with van der Waals surface area (Å²) in [5.41, 5.74) is 2.76. The Hall–Kier alpha value is -2.10. The lowest BCUT2D eigenvalue weighted by molar-refractivity contribution is 0.353. The van der Waals surface area contributed by atoms with E-state index in [1.165, 1.54) is 31.6 Å². The fraction of sp³-hybridized carbons (Fsp3) is 0.167. The molecule has 1 heterocycles. The molecular formula is C18H17BrN2O4S2. The Balaban J connectivity index is 1.93. The van der Waals surface area contributed by atoms with Gasteiger partial charge >= 0.3 is 0 Å². The van der Waals surface area contributed by atoms with Crippen LogP contribution >= 0.6 is 27.3 Å². The van der Waals surface area contributed by atoms with E-state index < -0.39 is 10.0 Å². The van der Waals surface area contributed by atoms with Crippen LogP contribution < -0.4 is 14.2 Å². The average Bonchev–Trinajstić information content (AvgIpc) is 3.09. The third-order valence-corrected chi connectivity index (χ3v) is 7.06. The van der Waals surface area contributed by atoms with E-state index >= 15 is 0 Å². The van der Waals surface area contributed by atoms with Crippen LogP contribution in [0.2, 0.25) is 0 Å². The number of aromatic nitrogens is 1. The summed E-state index contributed by atoms with van der Waals surface area (Å²) in [6.07, 6.45) is 0. The first-order chi connectivity index (χ1) is 12.9. The molecule has 2 aromatic carbocycles. The Morgan fingerprint density at radius 2 is 1.78 bits per heavy atom. The first-order valence-electron chi connectivity index (χ1n) is 7.81. The molecule has 0 amide bonds. The molecule has 0 aliphatic heterocycles. The van der Waals surface area contributed by atoms with Crippen molar-refractivity contribution in [1.82, 2.24) is 4.98 Å². The zero-order valence-electron chi connectivity index (χ0n) is 14.8. The van der Waals surface area contributed by atoms with Crippen molar-refractivity contribution in [2.45, 2.75) is 11.8 Å². The van der Waals surface area contributed by atoms with Gasteiger partial charge in [0.05, 0.1) is 19.9 Å². The molecule has 3 rings (SSSR count). The largest absolute Gasteiger partial charge is 0.493 e. The van der Waals surface area contributed by atoms with Crippen molar-refractivity contribution in [2.75, 3.05) is 18.9 Å². The van der Waals surface area contributed by atoms with Crippen molar-refractivity contribution in [2.24, 2.45) is 0 Å². The molecule has 27 heavy (non-hydrogen) atoms. The first kappa shape index (κ1) is 19.7. The summed E-state index contributed by atoms with van der Waals surface area (Å²) in [6.45, 7) is 1.99. The molecule has 0 saturated carbocycles. The summed E-state index contributed by atoms with van der Waals surface area (Å²) in [4.78, 5) is 4.45. The summed E-state index contributed by atoms with van der Waals surface area (Å²) in [6, 6.07) is 10.8. The average molecular weight is 469 g/mol. The molecule has 0 fully saturated rings. The van der Waals surface area contributed by atoms with Crippen molar-refractivity contribution in [3.8, 4) is 22.8 Å². The first-order valence-corrected chi connectivity index (χ1v) is 11.0. The number of halogens is 1. The molecule has 142 valence electrons. The number of sulfonamides is 1. The number of rotatable bonds is 6. The Kier molecular flexibility index (Phi) is 5.73. The van der Waals surface area contributed by atoms with Gasteiger partial charge in [0, 0.05) is 21.5 Å². The molecule has 0 saturated heterocycles. The van der Waals surface area contributed by atoms with E-state index in [-0.39, 0.29) is 10.0 Å². The van der Waals surface area contributed by atoms with Crippen LogP contribution in [0.1, 0.15) is 5.56 Å². The van der Waals surface area contributed by atoms with Gasteiger partial charge in [0.1, 0.15) is 4.90 Å². The van der Waals surface area contributed by atoms with Gasteiger partial charge in [-0.3, -0.25) is 4.72 Å². The Bertz CT molecular complexity index is 1080. The van der Waals surface area contributed by atoms with E-state index in [0.29, 0.717) is 16.0 Å². The van der Waals surface area contributed by atoms with Crippen molar-refractivity contribution in [3.63, 3.8) is 0 Å². The van der Waals surface area contributed by atoms with Crippen LogP contribution in [-0.2, 0) is 10.0 Å². The van der Waals surface area contributed by atoms with Crippen LogP contribution in [0.4, 0.5) is 5.13 Å². The second kappa shape index (κ2) is 7.87. The number of ether oxygens (including phenoxy) is 2. The molecule has 0 aliphatic carbocycles. The van der Waals surface area contributed by atoms with Gasteiger partial charge in [0.2, 0.25) is 0 Å². The van der Waals surface area contributed by atoms with E-state index in [1.54, 1.807) is 6.07 Å². The fourth-order valence-electron chi connectivity index (χ4n) is 2.52. The Morgan fingerprint density at radius 3 is 2.44 bits per heavy atom. The zero-order chi connectivity index (χ0) is 19.6. The highest BCUT2D eigenvalue weighted by molar-refractivity contribution is 9.10. The van der Waals surface area contributed by atoms with Gasteiger partial charge in [-0.25, -0.2) is 13.4 Å². The number of aryl methyl sites for hydroxylation is 1. The van der Waals surface area contributed by atoms with Gasteiger partial charge in [-0.15, -0.1) is 11.3 Å². The van der Waals surface area contributed by atoms with Crippen molar-refractivity contribution >= 4 is 42.4 Å². The van der Waals surface area contributed by atoms with Crippen molar-refractivity contribution in [1.29, 1.82) is 0 Å². The molecule has 0 radical (unpaired) electrons. The molecular weight excluding hydrogens is 452 g/mol. The number of methoxy groups -OCH3 is 2. The number of hydrogen-bond donors (Lipinski definition) is 1. The standard InChI is InChI=1S/C18H17BrN2O4S2/c1-11-6-4-5-7-12(11)14-10-26-18(20-14)21-27(22,23)17-9-16(25-3)15(24-2)8-13(17)19/h4-10H,1-3H3,(H,20,21). The Labute approximate surface area is 170 Å². The number of nitrogens with one attached hydrogen (secondary N) is 1. The lowest BCUT2D eigenvalue weighted by Gasteiger charge is -2.12. The summed E-state index contributed by atoms with van der Waals surface area (Å²) < 4.78 is 38.9. The highest BCUT2D eigenvalue weighted by atomic mass is 79.9. The van der Waals surface area contributed by atoms with Gasteiger partial charge in [-0.05, 0) is 34.5 Å². The van der Waals surface area contributed by atoms with Gasteiger partial charge in [0.25, 0.3) is 10.0 Å². The minimum absolute atomic E-state index is 0.0350. The third kappa shape index (κ3) is 4.10. The maximum absolute atomic E-state index is 12.8. The van der Waals surface area contributed by atoms with E-state index in [0.717, 1.165) is 16.8 Å². The topological polar surface area (TPSA) is 77.5 Å². The lowest BCUT2D eigenvalue weighted by Crippen LogP contribution is -2.13. The quantitative estimate of drug-likeness (QED) is 0.567. The molecule has 0 unspecified atom stereocenters. The van der Waals surface area contributed by atoms with Gasteiger partial charge in [0.15, 0.2) is 16.6 Å². The Morgan fingerprint density at radius 1 is 1.11 bits per heavy atom. The van der Waals surface area contributed by atoms with Crippen LogP contribution in [0.25, 0.3) is 11.3 Å². The maximum Gasteiger partial charge on any atom is 0.264 e. The number of benzene rings is 2. The van der Waals surface area contributed by atoms with Crippen molar-refractivity contribution in [3.05, 3.63) is 51.8 Å². The minimum Gasteiger partial charge on any atom is -0.493 e. The monoisotopic (exact) mass is 468 g/mol. The maximum atomic E-state index is 12.8. The van der Waals surface area contributed by atoms with Crippen LogP contribution in [0, 0.1) is 6.92 Å². The molecule has 1 N–H and O–H groups in total. The van der Waals surface area contributed by atoms with Gasteiger partial charge in [-0.1, -0.05) is 24.3 Å². The predicted molar refractivity (Wildman–Crippen MR) is 110 cm³/mol. The summed E-state index contributed by atoms with van der Waals surface area (Å²) in [5.74, 6) is 0.750. The zero-order valence-corrected chi connectivity index (χ0v) is 18.0. The van der Waals surface area contributed by atoms with Gasteiger partial charge < -0.3 is 9.47 Å². The molecule has 0 bridgehead atoms. The normalized spacial score (nSPS) is 11.3. The highest BCUT2D eigenvalue weighted by Crippen LogP contribution is 2.36. The van der Waals surface area contributed by atoms with E-state index in [2.05, 4.69) is 25.6 Å². The van der Waals surface area contributed by atoms with E-state index in [4.69, 9.17) is 9.47 Å². The van der Waals surface area contributed by atoms with E-state index in [1.807, 2.05) is 36.6 Å². The SMILES string of the molecule is COc1cc(Br)c(S(=O)(=O)Nc2nc(-c3ccccc3C)cs2)cc1OC. The molecule has 3 aromatic rings. The minimum atomic E-state index is -3.87. The molecule has 0 atom stereocenters. The molecule has 6 nitrogen and oxygen atoms in total. The van der Waals surface area contributed by atoms with Crippen LogP contribution in [-0.4, -0.2) is 27.6 Å². The summed E-state index contributed by atoms with van der Waals surface area (Å²) >= 11 is 4.51. The highest BCUT2D eigenvalue weighted by Gasteiger charge is 2.23. The number of hydrogen-bond acceptors (Lipinski definition) is 6. The molecule has 0 spiro atoms.